The Kier molecular flexibility index (Phi) is 9.35. The highest BCUT2D eigenvalue weighted by Crippen LogP contribution is 2.33. The third-order valence-electron chi connectivity index (χ3n) is 5.34. The predicted molar refractivity (Wildman–Crippen MR) is 136 cm³/mol. The van der Waals surface area contributed by atoms with E-state index in [0.29, 0.717) is 23.3 Å². The number of hydrogen-bond acceptors (Lipinski definition) is 5. The van der Waals surface area contributed by atoms with Crippen LogP contribution >= 0.6 is 11.6 Å². The molecule has 7 nitrogen and oxygen atoms in total. The summed E-state index contributed by atoms with van der Waals surface area (Å²) in [6, 6.07) is 14.9. The third kappa shape index (κ3) is 8.52. The standard InChI is InChI=1S/C27H24ClF3N2O5/c1-16-3-7-21(13-17(16)2)38-20-8-5-19(6-9-20)32-24(34)11-12-26(36)37-15-25(35)33-23-14-18(27(29,30)31)4-10-22(23)28/h3-10,13-14H,11-12,15H2,1-2H3,(H,32,34)(H,33,35). The molecule has 3 aromatic carbocycles. The van der Waals surface area contributed by atoms with E-state index in [1.54, 1.807) is 24.3 Å². The lowest BCUT2D eigenvalue weighted by Gasteiger charge is -2.12. The number of carbonyl (C=O) groups excluding carboxylic acids is 3. The zero-order valence-electron chi connectivity index (χ0n) is 20.4. The van der Waals surface area contributed by atoms with E-state index in [0.717, 1.165) is 23.3 Å². The molecule has 0 atom stereocenters. The molecule has 0 saturated carbocycles. The van der Waals surface area contributed by atoms with Crippen LogP contribution in [0.5, 0.6) is 11.5 Å². The third-order valence-corrected chi connectivity index (χ3v) is 5.67. The molecule has 3 rings (SSSR count). The monoisotopic (exact) mass is 548 g/mol. The number of alkyl halides is 3. The van der Waals surface area contributed by atoms with Crippen LogP contribution in [0.3, 0.4) is 0 Å². The summed E-state index contributed by atoms with van der Waals surface area (Å²) in [5.41, 5.74) is 1.48. The van der Waals surface area contributed by atoms with Gasteiger partial charge in [0.1, 0.15) is 11.5 Å². The lowest BCUT2D eigenvalue weighted by molar-refractivity contribution is -0.147. The van der Waals surface area contributed by atoms with Gasteiger partial charge in [-0.3, -0.25) is 14.4 Å². The summed E-state index contributed by atoms with van der Waals surface area (Å²) >= 11 is 5.82. The minimum Gasteiger partial charge on any atom is -0.457 e. The summed E-state index contributed by atoms with van der Waals surface area (Å²) in [6.07, 6.45) is -5.13. The highest BCUT2D eigenvalue weighted by atomic mass is 35.5. The molecule has 0 fully saturated rings. The number of amides is 2. The molecular formula is C27H24ClF3N2O5. The van der Waals surface area contributed by atoms with E-state index in [1.165, 1.54) is 0 Å². The van der Waals surface area contributed by atoms with E-state index in [-0.39, 0.29) is 23.6 Å². The Balaban J connectivity index is 1.41. The van der Waals surface area contributed by atoms with E-state index in [4.69, 9.17) is 21.1 Å². The highest BCUT2D eigenvalue weighted by Gasteiger charge is 2.31. The predicted octanol–water partition coefficient (Wildman–Crippen LogP) is 6.67. The molecule has 0 spiro atoms. The van der Waals surface area contributed by atoms with Gasteiger partial charge in [-0.1, -0.05) is 17.7 Å². The molecule has 0 aliphatic rings. The smallest absolute Gasteiger partial charge is 0.416 e. The summed E-state index contributed by atoms with van der Waals surface area (Å²) in [5.74, 6) is -0.894. The highest BCUT2D eigenvalue weighted by molar-refractivity contribution is 6.33. The molecule has 0 heterocycles. The fourth-order valence-electron chi connectivity index (χ4n) is 3.16. The van der Waals surface area contributed by atoms with E-state index >= 15 is 0 Å². The Labute approximate surface area is 221 Å². The van der Waals surface area contributed by atoms with E-state index < -0.39 is 36.1 Å². The van der Waals surface area contributed by atoms with E-state index in [1.807, 2.05) is 32.0 Å². The van der Waals surface area contributed by atoms with Crippen molar-refractivity contribution in [2.75, 3.05) is 17.2 Å². The quantitative estimate of drug-likeness (QED) is 0.291. The molecule has 2 N–H and O–H groups in total. The lowest BCUT2D eigenvalue weighted by atomic mass is 10.1. The van der Waals surface area contributed by atoms with Crippen LogP contribution in [-0.2, 0) is 25.3 Å². The molecular weight excluding hydrogens is 525 g/mol. The minimum atomic E-state index is -4.62. The van der Waals surface area contributed by atoms with Gasteiger partial charge in [0.2, 0.25) is 5.91 Å². The van der Waals surface area contributed by atoms with Gasteiger partial charge in [-0.25, -0.2) is 0 Å². The first-order valence-corrected chi connectivity index (χ1v) is 11.8. The molecule has 0 saturated heterocycles. The number of aryl methyl sites for hydroxylation is 2. The van der Waals surface area contributed by atoms with Gasteiger partial charge in [0.05, 0.1) is 22.7 Å². The van der Waals surface area contributed by atoms with Gasteiger partial charge in [0, 0.05) is 12.1 Å². The van der Waals surface area contributed by atoms with Crippen LogP contribution in [0.1, 0.15) is 29.5 Å². The molecule has 200 valence electrons. The number of benzene rings is 3. The summed E-state index contributed by atoms with van der Waals surface area (Å²) in [5, 5.41) is 4.69. The van der Waals surface area contributed by atoms with Crippen molar-refractivity contribution in [3.8, 4) is 11.5 Å². The summed E-state index contributed by atoms with van der Waals surface area (Å²) in [7, 11) is 0. The van der Waals surface area contributed by atoms with Crippen LogP contribution in [0.4, 0.5) is 24.5 Å². The SMILES string of the molecule is Cc1ccc(Oc2ccc(NC(=O)CCC(=O)OCC(=O)Nc3cc(C(F)(F)F)ccc3Cl)cc2)cc1C. The first-order chi connectivity index (χ1) is 17.9. The Morgan fingerprint density at radius 3 is 2.16 bits per heavy atom. The number of hydrogen-bond donors (Lipinski definition) is 2. The maximum Gasteiger partial charge on any atom is 0.416 e. The molecule has 3 aromatic rings. The van der Waals surface area contributed by atoms with Crippen LogP contribution in [0.2, 0.25) is 5.02 Å². The van der Waals surface area contributed by atoms with Crippen molar-refractivity contribution >= 4 is 40.8 Å². The van der Waals surface area contributed by atoms with E-state index in [9.17, 15) is 27.6 Å². The van der Waals surface area contributed by atoms with Crippen LogP contribution in [0.15, 0.2) is 60.7 Å². The Bertz CT molecular complexity index is 1330. The Morgan fingerprint density at radius 2 is 1.50 bits per heavy atom. The zero-order chi connectivity index (χ0) is 27.9. The summed E-state index contributed by atoms with van der Waals surface area (Å²) < 4.78 is 49.1. The number of rotatable bonds is 9. The molecule has 0 unspecified atom stereocenters. The van der Waals surface area contributed by atoms with Gasteiger partial charge in [-0.05, 0) is 79.6 Å². The normalized spacial score (nSPS) is 11.0. The van der Waals surface area contributed by atoms with Crippen molar-refractivity contribution in [3.05, 3.63) is 82.4 Å². The first kappa shape index (κ1) is 28.5. The fraction of sp³-hybridized carbons (Fsp3) is 0.222. The van der Waals surface area contributed by atoms with Crippen molar-refractivity contribution in [2.45, 2.75) is 32.9 Å². The molecule has 11 heteroatoms. The van der Waals surface area contributed by atoms with Gasteiger partial charge >= 0.3 is 12.1 Å². The van der Waals surface area contributed by atoms with Crippen LogP contribution in [0, 0.1) is 13.8 Å². The van der Waals surface area contributed by atoms with E-state index in [2.05, 4.69) is 10.6 Å². The average molecular weight is 549 g/mol. The first-order valence-electron chi connectivity index (χ1n) is 11.4. The molecule has 38 heavy (non-hydrogen) atoms. The van der Waals surface area contributed by atoms with Gasteiger partial charge in [0.15, 0.2) is 6.61 Å². The van der Waals surface area contributed by atoms with Gasteiger partial charge < -0.3 is 20.1 Å². The van der Waals surface area contributed by atoms with Crippen molar-refractivity contribution < 1.29 is 37.0 Å². The topological polar surface area (TPSA) is 93.7 Å². The molecule has 0 aromatic heterocycles. The second kappa shape index (κ2) is 12.5. The molecule has 0 radical (unpaired) electrons. The maximum atomic E-state index is 12.8. The molecule has 0 aliphatic carbocycles. The Morgan fingerprint density at radius 1 is 0.816 bits per heavy atom. The number of halogens is 4. The van der Waals surface area contributed by atoms with Gasteiger partial charge in [0.25, 0.3) is 5.91 Å². The average Bonchev–Trinajstić information content (AvgIpc) is 2.85. The maximum absolute atomic E-state index is 12.8. The molecule has 0 bridgehead atoms. The number of esters is 1. The molecule has 0 aliphatic heterocycles. The van der Waals surface area contributed by atoms with Crippen LogP contribution in [-0.4, -0.2) is 24.4 Å². The van der Waals surface area contributed by atoms with Gasteiger partial charge in [-0.2, -0.15) is 13.2 Å². The summed E-state index contributed by atoms with van der Waals surface area (Å²) in [4.78, 5) is 36.0. The largest absolute Gasteiger partial charge is 0.457 e. The fourth-order valence-corrected chi connectivity index (χ4v) is 3.33. The number of anilines is 2. The van der Waals surface area contributed by atoms with Crippen LogP contribution < -0.4 is 15.4 Å². The van der Waals surface area contributed by atoms with Crippen molar-refractivity contribution in [3.63, 3.8) is 0 Å². The van der Waals surface area contributed by atoms with Crippen molar-refractivity contribution in [1.82, 2.24) is 0 Å². The second-order valence-corrected chi connectivity index (χ2v) is 8.73. The number of nitrogens with one attached hydrogen (secondary N) is 2. The zero-order valence-corrected chi connectivity index (χ0v) is 21.2. The van der Waals surface area contributed by atoms with Crippen LogP contribution in [0.25, 0.3) is 0 Å². The van der Waals surface area contributed by atoms with Crippen molar-refractivity contribution in [2.24, 2.45) is 0 Å². The lowest BCUT2D eigenvalue weighted by Crippen LogP contribution is -2.22. The van der Waals surface area contributed by atoms with Crippen molar-refractivity contribution in [1.29, 1.82) is 0 Å². The number of ether oxygens (including phenoxy) is 2. The summed E-state index contributed by atoms with van der Waals surface area (Å²) in [6.45, 7) is 3.24. The molecule has 2 amide bonds. The number of carbonyl (C=O) groups is 3. The van der Waals surface area contributed by atoms with Gasteiger partial charge in [-0.15, -0.1) is 0 Å². The second-order valence-electron chi connectivity index (χ2n) is 8.32. The minimum absolute atomic E-state index is 0.112. The Hall–Kier alpha value is -4.05.